The van der Waals surface area contributed by atoms with Crippen LogP contribution in [0.5, 0.6) is 0 Å². The largest absolute Gasteiger partial charge is 0.490 e. The number of aromatic nitrogens is 1. The number of aliphatic carboxylic acids is 1. The van der Waals surface area contributed by atoms with E-state index in [4.69, 9.17) is 19.5 Å². The molecular weight excluding hydrogens is 427 g/mol. The summed E-state index contributed by atoms with van der Waals surface area (Å²) in [4.78, 5) is 34.1. The maximum absolute atomic E-state index is 12.9. The maximum atomic E-state index is 12.9. The van der Waals surface area contributed by atoms with Gasteiger partial charge in [0.1, 0.15) is 5.01 Å². The van der Waals surface area contributed by atoms with Gasteiger partial charge in [-0.25, -0.2) is 14.8 Å². The number of hydrogen-bond acceptors (Lipinski definition) is 7. The minimum Gasteiger partial charge on any atom is -0.475 e. The summed E-state index contributed by atoms with van der Waals surface area (Å²) in [5.74, 6) is -2.29. The molecule has 3 fully saturated rings. The van der Waals surface area contributed by atoms with Crippen molar-refractivity contribution in [3.05, 3.63) is 16.6 Å². The number of thiazole rings is 1. The molecule has 168 valence electrons. The van der Waals surface area contributed by atoms with Gasteiger partial charge in [0.05, 0.1) is 25.2 Å². The number of carboxylic acids is 1. The van der Waals surface area contributed by atoms with E-state index in [1.807, 2.05) is 11.6 Å². The summed E-state index contributed by atoms with van der Waals surface area (Å²) in [6.45, 7) is 4.63. The van der Waals surface area contributed by atoms with E-state index in [9.17, 15) is 18.0 Å². The number of hydroxylamine groups is 2. The average Bonchev–Trinajstić information content (AvgIpc) is 3.39. The summed E-state index contributed by atoms with van der Waals surface area (Å²) in [5, 5.41) is 11.8. The highest BCUT2D eigenvalue weighted by Gasteiger charge is 2.45. The van der Waals surface area contributed by atoms with Crippen LogP contribution >= 0.6 is 11.3 Å². The van der Waals surface area contributed by atoms with E-state index in [2.05, 4.69) is 9.88 Å². The number of ether oxygens (including phenoxy) is 1. The molecule has 0 bridgehead atoms. The molecule has 30 heavy (non-hydrogen) atoms. The lowest BCUT2D eigenvalue weighted by molar-refractivity contribution is -0.205. The fraction of sp³-hybridized carbons (Fsp3) is 0.722. The number of amides is 1. The minimum absolute atomic E-state index is 0.0192. The van der Waals surface area contributed by atoms with Crippen molar-refractivity contribution in [1.29, 1.82) is 0 Å². The number of piperidine rings is 1. The van der Waals surface area contributed by atoms with Gasteiger partial charge in [-0.1, -0.05) is 0 Å². The predicted molar refractivity (Wildman–Crippen MR) is 99.3 cm³/mol. The van der Waals surface area contributed by atoms with Crippen LogP contribution in [0.1, 0.15) is 24.3 Å². The highest BCUT2D eigenvalue weighted by atomic mass is 32.1. The third-order valence-corrected chi connectivity index (χ3v) is 6.09. The summed E-state index contributed by atoms with van der Waals surface area (Å²) in [6.07, 6.45) is -0.0169. The Morgan fingerprint density at radius 2 is 2.03 bits per heavy atom. The second-order valence-corrected chi connectivity index (χ2v) is 8.35. The molecule has 0 aliphatic carbocycles. The summed E-state index contributed by atoms with van der Waals surface area (Å²) in [7, 11) is 0. The first-order valence-electron chi connectivity index (χ1n) is 9.72. The number of hydrogen-bond donors (Lipinski definition) is 1. The Morgan fingerprint density at radius 1 is 1.27 bits per heavy atom. The average molecular weight is 451 g/mol. The Balaban J connectivity index is 0.000000318. The van der Waals surface area contributed by atoms with Crippen molar-refractivity contribution in [1.82, 2.24) is 14.9 Å². The molecule has 1 N–H and O–H groups in total. The second kappa shape index (κ2) is 10.0. The molecule has 3 aliphatic rings. The van der Waals surface area contributed by atoms with Crippen molar-refractivity contribution in [3.63, 3.8) is 0 Å². The van der Waals surface area contributed by atoms with E-state index in [0.717, 1.165) is 57.1 Å². The van der Waals surface area contributed by atoms with Crippen LogP contribution in [0.3, 0.4) is 0 Å². The molecule has 1 aromatic rings. The Kier molecular flexibility index (Phi) is 7.66. The van der Waals surface area contributed by atoms with Crippen molar-refractivity contribution < 1.29 is 37.4 Å². The first kappa shape index (κ1) is 22.9. The Hall–Kier alpha value is -1.76. The molecule has 0 spiro atoms. The number of likely N-dealkylation sites (tertiary alicyclic amines) is 1. The van der Waals surface area contributed by atoms with Gasteiger partial charge in [0.15, 0.2) is 0 Å². The molecule has 0 unspecified atom stereocenters. The molecule has 4 heterocycles. The lowest BCUT2D eigenvalue weighted by atomic mass is 9.82. The number of carboxylic acid groups (broad SMARTS) is 1. The van der Waals surface area contributed by atoms with Crippen molar-refractivity contribution in [3.8, 4) is 0 Å². The third kappa shape index (κ3) is 5.90. The summed E-state index contributed by atoms with van der Waals surface area (Å²) >= 11 is 1.67. The van der Waals surface area contributed by atoms with E-state index < -0.39 is 12.1 Å². The molecule has 1 amide bonds. The Bertz CT molecular complexity index is 712. The quantitative estimate of drug-likeness (QED) is 0.753. The maximum Gasteiger partial charge on any atom is 0.490 e. The van der Waals surface area contributed by atoms with Crippen LogP contribution < -0.4 is 0 Å². The zero-order chi connectivity index (χ0) is 21.7. The molecule has 3 aliphatic heterocycles. The summed E-state index contributed by atoms with van der Waals surface area (Å²) in [5.41, 5.74) is 0. The molecule has 3 saturated heterocycles. The fourth-order valence-electron chi connectivity index (χ4n) is 3.92. The van der Waals surface area contributed by atoms with Crippen LogP contribution in [0.15, 0.2) is 11.6 Å². The Labute approximate surface area is 175 Å². The molecule has 12 heteroatoms. The van der Waals surface area contributed by atoms with E-state index in [1.165, 1.54) is 0 Å². The fourth-order valence-corrected chi connectivity index (χ4v) is 4.58. The molecule has 0 saturated carbocycles. The van der Waals surface area contributed by atoms with Crippen LogP contribution in [0.2, 0.25) is 0 Å². The van der Waals surface area contributed by atoms with Crippen molar-refractivity contribution in [2.75, 3.05) is 32.8 Å². The van der Waals surface area contributed by atoms with Crippen molar-refractivity contribution in [2.45, 2.75) is 38.1 Å². The second-order valence-electron chi connectivity index (χ2n) is 7.37. The standard InChI is InChI=1S/C16H23N3O3S.C2HF3O2/c20-16(19-5-1-2-6-22-19)13-9-18(11-15-17-4-8-23-15)10-14-12(13)3-7-21-14;3-2(4,5)1(6)7/h4,8,12-14H,1-3,5-7,9-11H2;(H,6,7)/t12-,13-,14+;/m0./s1. The number of rotatable bonds is 3. The minimum atomic E-state index is -5.08. The van der Waals surface area contributed by atoms with E-state index in [-0.39, 0.29) is 17.9 Å². The van der Waals surface area contributed by atoms with Gasteiger partial charge in [-0.05, 0) is 19.3 Å². The number of alkyl halides is 3. The molecular formula is C18H24F3N3O5S. The van der Waals surface area contributed by atoms with Gasteiger partial charge in [0.25, 0.3) is 5.91 Å². The van der Waals surface area contributed by atoms with Crippen LogP contribution in [-0.4, -0.2) is 77.1 Å². The van der Waals surface area contributed by atoms with Gasteiger partial charge >= 0.3 is 12.1 Å². The monoisotopic (exact) mass is 451 g/mol. The predicted octanol–water partition coefficient (Wildman–Crippen LogP) is 2.17. The van der Waals surface area contributed by atoms with Crippen molar-refractivity contribution in [2.24, 2.45) is 11.8 Å². The number of carbonyl (C=O) groups is 2. The summed E-state index contributed by atoms with van der Waals surface area (Å²) < 4.78 is 37.6. The van der Waals surface area contributed by atoms with Gasteiger partial charge in [0.2, 0.25) is 0 Å². The smallest absolute Gasteiger partial charge is 0.475 e. The summed E-state index contributed by atoms with van der Waals surface area (Å²) in [6, 6.07) is 0. The van der Waals surface area contributed by atoms with Gasteiger partial charge in [-0.2, -0.15) is 13.2 Å². The molecule has 3 atom stereocenters. The normalized spacial score (nSPS) is 27.2. The van der Waals surface area contributed by atoms with Crippen LogP contribution in [0.25, 0.3) is 0 Å². The first-order chi connectivity index (χ1) is 14.3. The van der Waals surface area contributed by atoms with E-state index in [1.54, 1.807) is 16.4 Å². The van der Waals surface area contributed by atoms with Crippen LogP contribution in [0, 0.1) is 11.8 Å². The van der Waals surface area contributed by atoms with Gasteiger partial charge in [-0.15, -0.1) is 11.3 Å². The highest BCUT2D eigenvalue weighted by Crippen LogP contribution is 2.35. The zero-order valence-corrected chi connectivity index (χ0v) is 17.0. The van der Waals surface area contributed by atoms with Gasteiger partial charge in [-0.3, -0.25) is 14.5 Å². The molecule has 8 nitrogen and oxygen atoms in total. The molecule has 4 rings (SSSR count). The van der Waals surface area contributed by atoms with Gasteiger partial charge in [0, 0.05) is 43.7 Å². The number of fused-ring (bicyclic) bond motifs is 1. The third-order valence-electron chi connectivity index (χ3n) is 5.32. The number of halogens is 3. The lowest BCUT2D eigenvalue weighted by Crippen LogP contribution is -2.53. The molecule has 1 aromatic heterocycles. The molecule has 0 aromatic carbocycles. The van der Waals surface area contributed by atoms with E-state index in [0.29, 0.717) is 12.5 Å². The molecule has 0 radical (unpaired) electrons. The van der Waals surface area contributed by atoms with E-state index >= 15 is 0 Å². The van der Waals surface area contributed by atoms with Crippen LogP contribution in [-0.2, 0) is 25.7 Å². The van der Waals surface area contributed by atoms with Gasteiger partial charge < -0.3 is 9.84 Å². The first-order valence-corrected chi connectivity index (χ1v) is 10.6. The van der Waals surface area contributed by atoms with Crippen molar-refractivity contribution >= 4 is 23.2 Å². The number of carbonyl (C=O) groups excluding carboxylic acids is 1. The van der Waals surface area contributed by atoms with Crippen LogP contribution in [0.4, 0.5) is 13.2 Å². The highest BCUT2D eigenvalue weighted by molar-refractivity contribution is 7.09. The number of nitrogens with zero attached hydrogens (tertiary/aromatic N) is 3. The zero-order valence-electron chi connectivity index (χ0n) is 16.2. The SMILES string of the molecule is O=C(O)C(F)(F)F.O=C([C@H]1CN(Cc2nccs2)C[C@H]2OCC[C@@H]12)N1CCCCO1. The lowest BCUT2D eigenvalue weighted by Gasteiger charge is -2.41. The topological polar surface area (TPSA) is 92.2 Å². The Morgan fingerprint density at radius 3 is 2.63 bits per heavy atom.